The minimum absolute atomic E-state index is 0.0640. The number of rotatable bonds is 8. The van der Waals surface area contributed by atoms with Crippen LogP contribution in [0.4, 0.5) is 4.39 Å². The van der Waals surface area contributed by atoms with Crippen molar-refractivity contribution in [3.05, 3.63) is 64.4 Å². The monoisotopic (exact) mass is 482 g/mol. The van der Waals surface area contributed by atoms with Crippen molar-refractivity contribution in [1.29, 1.82) is 0 Å². The highest BCUT2D eigenvalue weighted by molar-refractivity contribution is 7.89. The quantitative estimate of drug-likeness (QED) is 0.617. The Hall–Kier alpha value is -2.00. The van der Waals surface area contributed by atoms with Gasteiger partial charge in [-0.25, -0.2) is 12.8 Å². The zero-order chi connectivity index (χ0) is 23.4. The van der Waals surface area contributed by atoms with Crippen molar-refractivity contribution in [2.75, 3.05) is 32.8 Å². The molecule has 0 aromatic heterocycles. The molecule has 1 heterocycles. The van der Waals surface area contributed by atoms with Gasteiger partial charge in [-0.05, 0) is 48.7 Å². The van der Waals surface area contributed by atoms with Gasteiger partial charge >= 0.3 is 0 Å². The average Bonchev–Trinajstić information content (AvgIpc) is 2.79. The number of halogens is 2. The maximum absolute atomic E-state index is 13.9. The number of amides is 1. The minimum Gasteiger partial charge on any atom is -0.381 e. The van der Waals surface area contributed by atoms with Crippen LogP contribution in [-0.2, 0) is 20.2 Å². The van der Waals surface area contributed by atoms with Crippen molar-refractivity contribution in [3.63, 3.8) is 0 Å². The molecule has 1 aliphatic heterocycles. The summed E-state index contributed by atoms with van der Waals surface area (Å²) in [5.41, 5.74) is 0.544. The second-order valence-corrected chi connectivity index (χ2v) is 10.1. The normalized spacial score (nSPS) is 16.2. The van der Waals surface area contributed by atoms with E-state index in [9.17, 15) is 17.6 Å². The van der Waals surface area contributed by atoms with E-state index in [1.807, 2.05) is 6.07 Å². The van der Waals surface area contributed by atoms with Crippen LogP contribution >= 0.6 is 11.6 Å². The highest BCUT2D eigenvalue weighted by Gasteiger charge is 2.35. The Morgan fingerprint density at radius 1 is 1.16 bits per heavy atom. The van der Waals surface area contributed by atoms with Crippen LogP contribution in [0.15, 0.2) is 47.4 Å². The Morgan fingerprint density at radius 2 is 1.84 bits per heavy atom. The third-order valence-electron chi connectivity index (χ3n) is 5.99. The maximum Gasteiger partial charge on any atom is 0.251 e. The zero-order valence-electron chi connectivity index (χ0n) is 18.2. The van der Waals surface area contributed by atoms with Crippen molar-refractivity contribution in [2.24, 2.45) is 0 Å². The predicted octanol–water partition coefficient (Wildman–Crippen LogP) is 3.99. The minimum atomic E-state index is -3.82. The molecule has 9 heteroatoms. The SMILES string of the molecule is CCN(CC)S(=O)(=O)c1cc(C(=O)NCC2(c3cccc(F)c3)CCOCC2)ccc1Cl. The van der Waals surface area contributed by atoms with E-state index in [1.54, 1.807) is 19.9 Å². The fourth-order valence-electron chi connectivity index (χ4n) is 4.04. The Labute approximate surface area is 193 Å². The predicted molar refractivity (Wildman–Crippen MR) is 122 cm³/mol. The molecule has 32 heavy (non-hydrogen) atoms. The van der Waals surface area contributed by atoms with Crippen molar-refractivity contribution < 1.29 is 22.3 Å². The van der Waals surface area contributed by atoms with Crippen molar-refractivity contribution in [3.8, 4) is 0 Å². The van der Waals surface area contributed by atoms with Crippen molar-refractivity contribution in [1.82, 2.24) is 9.62 Å². The van der Waals surface area contributed by atoms with E-state index >= 15 is 0 Å². The Kier molecular flexibility index (Phi) is 7.92. The molecule has 0 aliphatic carbocycles. The van der Waals surface area contributed by atoms with Crippen molar-refractivity contribution >= 4 is 27.5 Å². The summed E-state index contributed by atoms with van der Waals surface area (Å²) in [6.07, 6.45) is 1.28. The second-order valence-electron chi connectivity index (χ2n) is 7.82. The number of ether oxygens (including phenoxy) is 1. The molecule has 1 saturated heterocycles. The van der Waals surface area contributed by atoms with Crippen LogP contribution in [0.2, 0.25) is 5.02 Å². The summed E-state index contributed by atoms with van der Waals surface area (Å²) >= 11 is 6.17. The first-order valence-electron chi connectivity index (χ1n) is 10.6. The van der Waals surface area contributed by atoms with Gasteiger partial charge in [-0.3, -0.25) is 4.79 Å². The second kappa shape index (κ2) is 10.3. The van der Waals surface area contributed by atoms with Crippen molar-refractivity contribution in [2.45, 2.75) is 37.0 Å². The molecule has 0 radical (unpaired) electrons. The third kappa shape index (κ3) is 5.14. The fourth-order valence-corrected chi connectivity index (χ4v) is 6.00. The maximum atomic E-state index is 13.9. The fraction of sp³-hybridized carbons (Fsp3) is 0.435. The number of benzene rings is 2. The van der Waals surface area contributed by atoms with Gasteiger partial charge in [0.25, 0.3) is 5.91 Å². The number of hydrogen-bond donors (Lipinski definition) is 1. The first-order valence-corrected chi connectivity index (χ1v) is 12.5. The Bertz CT molecular complexity index is 1070. The molecule has 0 unspecified atom stereocenters. The molecular weight excluding hydrogens is 455 g/mol. The van der Waals surface area contributed by atoms with E-state index < -0.39 is 21.3 Å². The van der Waals surface area contributed by atoms with Gasteiger partial charge in [-0.15, -0.1) is 0 Å². The summed E-state index contributed by atoms with van der Waals surface area (Å²) in [6, 6.07) is 10.6. The lowest BCUT2D eigenvalue weighted by molar-refractivity contribution is 0.0486. The summed E-state index contributed by atoms with van der Waals surface area (Å²) < 4.78 is 46.5. The molecule has 0 atom stereocenters. The molecule has 6 nitrogen and oxygen atoms in total. The smallest absolute Gasteiger partial charge is 0.251 e. The number of sulfonamides is 1. The van der Waals surface area contributed by atoms with Crippen LogP contribution in [0, 0.1) is 5.82 Å². The van der Waals surface area contributed by atoms with Gasteiger partial charge in [-0.2, -0.15) is 4.31 Å². The van der Waals surface area contributed by atoms with E-state index in [4.69, 9.17) is 16.3 Å². The van der Waals surface area contributed by atoms with E-state index in [2.05, 4.69) is 5.32 Å². The van der Waals surface area contributed by atoms with Crippen LogP contribution in [0.5, 0.6) is 0 Å². The number of hydrogen-bond acceptors (Lipinski definition) is 4. The van der Waals surface area contributed by atoms with Crippen LogP contribution in [0.1, 0.15) is 42.6 Å². The highest BCUT2D eigenvalue weighted by Crippen LogP contribution is 2.35. The van der Waals surface area contributed by atoms with Gasteiger partial charge in [0.05, 0.1) is 5.02 Å². The molecule has 2 aromatic rings. The summed E-state index contributed by atoms with van der Waals surface area (Å²) in [6.45, 7) is 5.38. The van der Waals surface area contributed by atoms with E-state index in [-0.39, 0.29) is 27.8 Å². The van der Waals surface area contributed by atoms with E-state index in [1.165, 1.54) is 34.6 Å². The Balaban J connectivity index is 1.85. The molecule has 1 aliphatic rings. The largest absolute Gasteiger partial charge is 0.381 e. The summed E-state index contributed by atoms with van der Waals surface area (Å²) in [7, 11) is -3.82. The third-order valence-corrected chi connectivity index (χ3v) is 8.52. The number of carbonyl (C=O) groups excluding carboxylic acids is 1. The molecule has 1 amide bonds. The molecule has 1 N–H and O–H groups in total. The Morgan fingerprint density at radius 3 is 2.47 bits per heavy atom. The standard InChI is InChI=1S/C23H28ClFN2O4S/c1-3-27(4-2)32(29,30)21-14-17(8-9-20(21)24)22(28)26-16-23(10-12-31-13-11-23)18-6-5-7-19(25)15-18/h5-9,14-15H,3-4,10-13,16H2,1-2H3,(H,26,28). The lowest BCUT2D eigenvalue weighted by Gasteiger charge is -2.38. The van der Waals surface area contributed by atoms with Crippen LogP contribution in [0.25, 0.3) is 0 Å². The molecule has 0 spiro atoms. The van der Waals surface area contributed by atoms with Gasteiger partial charge < -0.3 is 10.1 Å². The molecule has 1 fully saturated rings. The molecule has 3 rings (SSSR count). The van der Waals surface area contributed by atoms with Crippen LogP contribution in [-0.4, -0.2) is 51.5 Å². The molecule has 0 saturated carbocycles. The molecule has 0 bridgehead atoms. The number of nitrogens with zero attached hydrogens (tertiary/aromatic N) is 1. The van der Waals surface area contributed by atoms with Gasteiger partial charge in [0.15, 0.2) is 0 Å². The number of nitrogens with one attached hydrogen (secondary N) is 1. The van der Waals surface area contributed by atoms with Gasteiger partial charge in [0, 0.05) is 43.8 Å². The summed E-state index contributed by atoms with van der Waals surface area (Å²) in [5.74, 6) is -0.747. The first kappa shape index (κ1) is 24.6. The average molecular weight is 483 g/mol. The van der Waals surface area contributed by atoms with E-state index in [0.29, 0.717) is 39.1 Å². The van der Waals surface area contributed by atoms with Crippen LogP contribution < -0.4 is 5.32 Å². The number of carbonyl (C=O) groups is 1. The van der Waals surface area contributed by atoms with Gasteiger partial charge in [0.2, 0.25) is 10.0 Å². The lowest BCUT2D eigenvalue weighted by atomic mass is 9.74. The molecule has 174 valence electrons. The topological polar surface area (TPSA) is 75.7 Å². The molecular formula is C23H28ClFN2O4S. The highest BCUT2D eigenvalue weighted by atomic mass is 35.5. The first-order chi connectivity index (χ1) is 15.2. The molecule has 2 aromatic carbocycles. The summed E-state index contributed by atoms with van der Waals surface area (Å²) in [4.78, 5) is 12.9. The summed E-state index contributed by atoms with van der Waals surface area (Å²) in [5, 5.41) is 2.98. The van der Waals surface area contributed by atoms with Gasteiger partial charge in [0.1, 0.15) is 10.7 Å². The zero-order valence-corrected chi connectivity index (χ0v) is 19.8. The van der Waals surface area contributed by atoms with Gasteiger partial charge in [-0.1, -0.05) is 37.6 Å². The van der Waals surface area contributed by atoms with Crippen LogP contribution in [0.3, 0.4) is 0 Å². The lowest BCUT2D eigenvalue weighted by Crippen LogP contribution is -2.44. The van der Waals surface area contributed by atoms with E-state index in [0.717, 1.165) is 5.56 Å².